The first kappa shape index (κ1) is 21.8. The van der Waals surface area contributed by atoms with Gasteiger partial charge in [-0.05, 0) is 35.7 Å². The zero-order valence-electron chi connectivity index (χ0n) is 16.5. The summed E-state index contributed by atoms with van der Waals surface area (Å²) in [7, 11) is 0. The minimum absolute atomic E-state index is 0.321. The minimum Gasteiger partial charge on any atom is -0.448 e. The van der Waals surface area contributed by atoms with E-state index in [4.69, 9.17) is 10.5 Å². The molecule has 0 saturated carbocycles. The average molecular weight is 444 g/mol. The Bertz CT molecular complexity index is 1030. The van der Waals surface area contributed by atoms with Crippen molar-refractivity contribution in [1.29, 1.82) is 0 Å². The summed E-state index contributed by atoms with van der Waals surface area (Å²) >= 11 is 3.28. The first-order valence-electron chi connectivity index (χ1n) is 9.22. The number of thiazole rings is 1. The molecule has 0 bridgehead atoms. The van der Waals surface area contributed by atoms with Crippen LogP contribution in [0.15, 0.2) is 52.9 Å². The van der Waals surface area contributed by atoms with E-state index in [1.165, 1.54) is 0 Å². The van der Waals surface area contributed by atoms with E-state index in [2.05, 4.69) is 4.98 Å². The van der Waals surface area contributed by atoms with Gasteiger partial charge < -0.3 is 10.5 Å². The Hall–Kier alpha value is -2.91. The van der Waals surface area contributed by atoms with Crippen LogP contribution >= 0.6 is 23.1 Å². The van der Waals surface area contributed by atoms with Crippen molar-refractivity contribution in [3.63, 3.8) is 0 Å². The molecule has 7 nitrogen and oxygen atoms in total. The number of hydrogen-bond acceptors (Lipinski definition) is 7. The standard InChI is InChI=1S/C21H21N3O4S2/c1-12(2)17(18(25)24-20(22)27)28-19(26)14-9-7-13(8-10-14)11-29-21-23-15-5-3-4-6-16(15)30-21/h3-10,12,17H,11H2,1-2H3,(H3,22,24,25,27). The lowest BCUT2D eigenvalue weighted by Crippen LogP contribution is -2.45. The number of thioether (sulfide) groups is 1. The number of para-hydroxylation sites is 1. The quantitative estimate of drug-likeness (QED) is 0.422. The van der Waals surface area contributed by atoms with Gasteiger partial charge in [0.05, 0.1) is 15.8 Å². The minimum atomic E-state index is -1.11. The Morgan fingerprint density at radius 3 is 2.47 bits per heavy atom. The predicted molar refractivity (Wildman–Crippen MR) is 117 cm³/mol. The fourth-order valence-electron chi connectivity index (χ4n) is 2.66. The van der Waals surface area contributed by atoms with Gasteiger partial charge in [-0.25, -0.2) is 14.6 Å². The number of primary amides is 1. The Balaban J connectivity index is 1.60. The van der Waals surface area contributed by atoms with Crippen molar-refractivity contribution < 1.29 is 19.1 Å². The fourth-order valence-corrected chi connectivity index (χ4v) is 4.69. The highest BCUT2D eigenvalue weighted by Gasteiger charge is 2.27. The molecule has 0 radical (unpaired) electrons. The van der Waals surface area contributed by atoms with Crippen LogP contribution in [-0.4, -0.2) is 29.0 Å². The van der Waals surface area contributed by atoms with E-state index in [0.717, 1.165) is 20.1 Å². The van der Waals surface area contributed by atoms with Gasteiger partial charge >= 0.3 is 12.0 Å². The molecule has 0 spiro atoms. The van der Waals surface area contributed by atoms with Crippen molar-refractivity contribution >= 4 is 51.2 Å². The van der Waals surface area contributed by atoms with E-state index in [9.17, 15) is 14.4 Å². The van der Waals surface area contributed by atoms with Gasteiger partial charge in [-0.3, -0.25) is 10.1 Å². The van der Waals surface area contributed by atoms with Gasteiger partial charge in [0.1, 0.15) is 0 Å². The number of carbonyl (C=O) groups is 3. The first-order valence-corrected chi connectivity index (χ1v) is 11.0. The molecule has 1 unspecified atom stereocenters. The van der Waals surface area contributed by atoms with Crippen LogP contribution in [-0.2, 0) is 15.3 Å². The van der Waals surface area contributed by atoms with Crippen molar-refractivity contribution in [2.24, 2.45) is 11.7 Å². The largest absolute Gasteiger partial charge is 0.448 e. The lowest BCUT2D eigenvalue weighted by atomic mass is 10.1. The first-order chi connectivity index (χ1) is 14.3. The van der Waals surface area contributed by atoms with Crippen LogP contribution in [0.2, 0.25) is 0 Å². The molecule has 0 saturated heterocycles. The Morgan fingerprint density at radius 2 is 1.83 bits per heavy atom. The third kappa shape index (κ3) is 5.58. The number of carbonyl (C=O) groups excluding carboxylic acids is 3. The summed E-state index contributed by atoms with van der Waals surface area (Å²) in [6.45, 7) is 3.42. The summed E-state index contributed by atoms with van der Waals surface area (Å²) in [5.74, 6) is -0.990. The molecule has 3 aromatic rings. The van der Waals surface area contributed by atoms with E-state index in [1.54, 1.807) is 49.1 Å². The molecule has 0 fully saturated rings. The summed E-state index contributed by atoms with van der Waals surface area (Å²) in [6.07, 6.45) is -1.11. The highest BCUT2D eigenvalue weighted by atomic mass is 32.2. The third-order valence-electron chi connectivity index (χ3n) is 4.17. The summed E-state index contributed by atoms with van der Waals surface area (Å²) in [4.78, 5) is 39.9. The predicted octanol–water partition coefficient (Wildman–Crippen LogP) is 3.96. The van der Waals surface area contributed by atoms with Crippen molar-refractivity contribution in [2.75, 3.05) is 0 Å². The molecule has 3 N–H and O–H groups in total. The van der Waals surface area contributed by atoms with Crippen LogP contribution in [0.4, 0.5) is 4.79 Å². The van der Waals surface area contributed by atoms with Crippen LogP contribution in [0.1, 0.15) is 29.8 Å². The summed E-state index contributed by atoms with van der Waals surface area (Å²) in [5, 5.41) is 1.95. The number of ether oxygens (including phenoxy) is 1. The van der Waals surface area contributed by atoms with Crippen LogP contribution in [0.5, 0.6) is 0 Å². The Kier molecular flexibility index (Phi) is 7.07. The molecule has 2 aromatic carbocycles. The molecule has 3 rings (SSSR count). The molecule has 3 amide bonds. The number of amides is 3. The van der Waals surface area contributed by atoms with Gasteiger partial charge in [-0.2, -0.15) is 0 Å². The maximum Gasteiger partial charge on any atom is 0.338 e. The maximum absolute atomic E-state index is 12.4. The molecule has 0 aliphatic heterocycles. The lowest BCUT2D eigenvalue weighted by Gasteiger charge is -2.19. The Morgan fingerprint density at radius 1 is 1.13 bits per heavy atom. The molecule has 1 atom stereocenters. The van der Waals surface area contributed by atoms with E-state index in [1.807, 2.05) is 41.7 Å². The number of urea groups is 1. The van der Waals surface area contributed by atoms with Crippen LogP contribution < -0.4 is 11.1 Å². The van der Waals surface area contributed by atoms with E-state index in [0.29, 0.717) is 11.3 Å². The number of esters is 1. The van der Waals surface area contributed by atoms with E-state index < -0.39 is 24.0 Å². The molecule has 0 aliphatic carbocycles. The van der Waals surface area contributed by atoms with Gasteiger partial charge in [0, 0.05) is 5.75 Å². The van der Waals surface area contributed by atoms with E-state index >= 15 is 0 Å². The highest BCUT2D eigenvalue weighted by molar-refractivity contribution is 8.00. The molecular formula is C21H21N3O4S2. The molecule has 1 aromatic heterocycles. The van der Waals surface area contributed by atoms with Gasteiger partial charge in [-0.1, -0.05) is 49.9 Å². The molecule has 156 valence electrons. The zero-order chi connectivity index (χ0) is 21.7. The van der Waals surface area contributed by atoms with Crippen molar-refractivity contribution in [3.8, 4) is 0 Å². The van der Waals surface area contributed by atoms with Gasteiger partial charge in [0.15, 0.2) is 10.4 Å². The number of hydrogen-bond donors (Lipinski definition) is 2. The lowest BCUT2D eigenvalue weighted by molar-refractivity contribution is -0.130. The summed E-state index contributed by atoms with van der Waals surface area (Å²) < 4.78 is 7.43. The fraction of sp³-hybridized carbons (Fsp3) is 0.238. The van der Waals surface area contributed by atoms with Crippen LogP contribution in [0.25, 0.3) is 10.2 Å². The topological polar surface area (TPSA) is 111 Å². The second-order valence-corrected chi connectivity index (χ2v) is 9.11. The number of nitrogens with two attached hydrogens (primary N) is 1. The number of fused-ring (bicyclic) bond motifs is 1. The Labute approximate surface area is 182 Å². The molecule has 30 heavy (non-hydrogen) atoms. The summed E-state index contributed by atoms with van der Waals surface area (Å²) in [5.41, 5.74) is 7.31. The SMILES string of the molecule is CC(C)C(OC(=O)c1ccc(CSc2nc3ccccc3s2)cc1)C(=O)NC(N)=O. The van der Waals surface area contributed by atoms with Crippen molar-refractivity contribution in [3.05, 3.63) is 59.7 Å². The monoisotopic (exact) mass is 443 g/mol. The number of rotatable bonds is 7. The summed E-state index contributed by atoms with van der Waals surface area (Å²) in [6, 6.07) is 14.0. The smallest absolute Gasteiger partial charge is 0.338 e. The third-order valence-corrected chi connectivity index (χ3v) is 6.42. The zero-order valence-corrected chi connectivity index (χ0v) is 18.1. The molecule has 9 heteroatoms. The maximum atomic E-state index is 12.4. The van der Waals surface area contributed by atoms with Crippen LogP contribution in [0.3, 0.4) is 0 Å². The second kappa shape index (κ2) is 9.73. The van der Waals surface area contributed by atoms with E-state index in [-0.39, 0.29) is 5.92 Å². The number of imide groups is 1. The molecular weight excluding hydrogens is 422 g/mol. The second-order valence-electron chi connectivity index (χ2n) is 6.86. The molecule has 0 aliphatic rings. The molecule has 1 heterocycles. The van der Waals surface area contributed by atoms with Gasteiger partial charge in [0.25, 0.3) is 5.91 Å². The van der Waals surface area contributed by atoms with Gasteiger partial charge in [-0.15, -0.1) is 11.3 Å². The number of benzene rings is 2. The number of nitrogens with one attached hydrogen (secondary N) is 1. The van der Waals surface area contributed by atoms with Crippen molar-refractivity contribution in [2.45, 2.75) is 30.0 Å². The number of aromatic nitrogens is 1. The number of nitrogens with zero attached hydrogens (tertiary/aromatic N) is 1. The highest BCUT2D eigenvalue weighted by Crippen LogP contribution is 2.31. The average Bonchev–Trinajstić information content (AvgIpc) is 3.13. The van der Waals surface area contributed by atoms with Gasteiger partial charge in [0.2, 0.25) is 0 Å². The van der Waals surface area contributed by atoms with Crippen molar-refractivity contribution in [1.82, 2.24) is 10.3 Å². The normalized spacial score (nSPS) is 12.0. The van der Waals surface area contributed by atoms with Crippen LogP contribution in [0, 0.1) is 5.92 Å².